The Morgan fingerprint density at radius 1 is 0.688 bits per heavy atom. The van der Waals surface area contributed by atoms with E-state index < -0.39 is 17.9 Å². The zero-order valence-electron chi connectivity index (χ0n) is 8.25. The number of aliphatic carboxylic acids is 3. The van der Waals surface area contributed by atoms with Crippen LogP contribution in [0.2, 0.25) is 0 Å². The molecule has 0 N–H and O–H groups in total. The van der Waals surface area contributed by atoms with Crippen molar-refractivity contribution in [2.75, 3.05) is 0 Å². The Morgan fingerprint density at radius 2 is 0.750 bits per heavy atom. The normalized spacial score (nSPS) is 6.00. The van der Waals surface area contributed by atoms with E-state index in [0.29, 0.717) is 0 Å². The standard InChI is InChI=1S/3C3H4O2.V/c3*1-2-3(4)5;/h3*2H,1H2,(H,4,5);/q;;;+3/p-3. The predicted molar refractivity (Wildman–Crippen MR) is 45.6 cm³/mol. The van der Waals surface area contributed by atoms with Crippen LogP contribution < -0.4 is 15.3 Å². The van der Waals surface area contributed by atoms with Gasteiger partial charge >= 0.3 is 18.6 Å². The summed E-state index contributed by atoms with van der Waals surface area (Å²) in [5.74, 6) is -3.69. The minimum atomic E-state index is -1.23. The van der Waals surface area contributed by atoms with Crippen molar-refractivity contribution in [2.45, 2.75) is 0 Å². The van der Waals surface area contributed by atoms with Crippen molar-refractivity contribution < 1.29 is 48.3 Å². The Morgan fingerprint density at radius 3 is 0.750 bits per heavy atom. The van der Waals surface area contributed by atoms with Gasteiger partial charge in [0.1, 0.15) is 0 Å². The summed E-state index contributed by atoms with van der Waals surface area (Å²) in [5.41, 5.74) is 0. The van der Waals surface area contributed by atoms with Crippen molar-refractivity contribution >= 4 is 17.9 Å². The van der Waals surface area contributed by atoms with Gasteiger partial charge in [-0.3, -0.25) is 0 Å². The second kappa shape index (κ2) is 18.9. The van der Waals surface area contributed by atoms with E-state index in [4.69, 9.17) is 29.7 Å². The molecule has 7 heteroatoms. The Hall–Kier alpha value is -1.79. The van der Waals surface area contributed by atoms with Crippen LogP contribution in [0.1, 0.15) is 0 Å². The summed E-state index contributed by atoms with van der Waals surface area (Å²) < 4.78 is 0. The first kappa shape index (κ1) is 23.8. The Labute approximate surface area is 104 Å². The molecular formula is C9H9O6V. The molecule has 16 heavy (non-hydrogen) atoms. The van der Waals surface area contributed by atoms with Gasteiger partial charge in [0.25, 0.3) is 0 Å². The van der Waals surface area contributed by atoms with Crippen LogP contribution in [0, 0.1) is 0 Å². The Balaban J connectivity index is -0.0000000655. The van der Waals surface area contributed by atoms with Gasteiger partial charge < -0.3 is 29.7 Å². The SMILES string of the molecule is C=CC(=O)[O-].C=CC(=O)[O-].C=CC(=O)[O-].[V+3]. The fraction of sp³-hybridized carbons (Fsp3) is 0. The number of carbonyl (C=O) groups is 3. The summed E-state index contributed by atoms with van der Waals surface area (Å²) >= 11 is 0. The van der Waals surface area contributed by atoms with Gasteiger partial charge in [0.15, 0.2) is 0 Å². The van der Waals surface area contributed by atoms with Crippen molar-refractivity contribution in [1.29, 1.82) is 0 Å². The van der Waals surface area contributed by atoms with E-state index in [9.17, 15) is 0 Å². The van der Waals surface area contributed by atoms with Crippen molar-refractivity contribution in [2.24, 2.45) is 0 Å². The summed E-state index contributed by atoms with van der Waals surface area (Å²) in [6.07, 6.45) is 2.17. The molecule has 0 radical (unpaired) electrons. The number of carbonyl (C=O) groups excluding carboxylic acids is 3. The van der Waals surface area contributed by atoms with E-state index in [1.54, 1.807) is 0 Å². The molecule has 0 aromatic carbocycles. The maximum atomic E-state index is 9.14. The van der Waals surface area contributed by atoms with E-state index in [1.807, 2.05) is 0 Å². The average molecular weight is 264 g/mol. The largest absolute Gasteiger partial charge is 3.00 e. The first-order chi connectivity index (χ1) is 6.81. The topological polar surface area (TPSA) is 120 Å². The molecule has 0 saturated heterocycles. The van der Waals surface area contributed by atoms with Crippen LogP contribution in [-0.4, -0.2) is 17.9 Å². The molecule has 0 spiro atoms. The zero-order chi connectivity index (χ0) is 12.9. The molecule has 0 aromatic rings. The molecule has 0 amide bonds. The number of hydrogen-bond donors (Lipinski definition) is 0. The third kappa shape index (κ3) is 86.5. The zero-order valence-corrected chi connectivity index (χ0v) is 9.65. The molecule has 0 aromatic heterocycles. The van der Waals surface area contributed by atoms with Gasteiger partial charge in [-0.2, -0.15) is 0 Å². The molecule has 0 heterocycles. The number of hydrogen-bond acceptors (Lipinski definition) is 6. The molecule has 0 saturated carbocycles. The van der Waals surface area contributed by atoms with Crippen LogP contribution in [-0.2, 0) is 32.9 Å². The van der Waals surface area contributed by atoms with Crippen molar-refractivity contribution in [3.05, 3.63) is 38.0 Å². The third-order valence-corrected chi connectivity index (χ3v) is 0.500. The minimum absolute atomic E-state index is 0. The summed E-state index contributed by atoms with van der Waals surface area (Å²) in [5, 5.41) is 27.4. The van der Waals surface area contributed by atoms with Gasteiger partial charge in [-0.25, -0.2) is 0 Å². The summed E-state index contributed by atoms with van der Waals surface area (Å²) in [4.78, 5) is 27.4. The molecule has 86 valence electrons. The molecule has 0 aliphatic carbocycles. The van der Waals surface area contributed by atoms with E-state index in [1.165, 1.54) is 0 Å². The maximum Gasteiger partial charge on any atom is 3.00 e. The smallest absolute Gasteiger partial charge is 0.545 e. The van der Waals surface area contributed by atoms with Gasteiger partial charge in [0.05, 0.1) is 17.9 Å². The van der Waals surface area contributed by atoms with Crippen LogP contribution in [0.3, 0.4) is 0 Å². The third-order valence-electron chi connectivity index (χ3n) is 0.500. The van der Waals surface area contributed by atoms with Gasteiger partial charge in [0, 0.05) is 0 Å². The molecule has 0 atom stereocenters. The Kier molecular flexibility index (Phi) is 28.1. The van der Waals surface area contributed by atoms with Gasteiger partial charge in [-0.15, -0.1) is 0 Å². The fourth-order valence-corrected chi connectivity index (χ4v) is 0. The molecule has 6 nitrogen and oxygen atoms in total. The molecular weight excluding hydrogens is 255 g/mol. The van der Waals surface area contributed by atoms with E-state index >= 15 is 0 Å². The van der Waals surface area contributed by atoms with Crippen molar-refractivity contribution in [1.82, 2.24) is 0 Å². The molecule has 0 aliphatic heterocycles. The first-order valence-corrected chi connectivity index (χ1v) is 3.32. The molecule has 0 bridgehead atoms. The fourth-order valence-electron chi connectivity index (χ4n) is 0. The second-order valence-electron chi connectivity index (χ2n) is 1.57. The van der Waals surface area contributed by atoms with Gasteiger partial charge in [-0.1, -0.05) is 19.7 Å². The molecule has 0 rings (SSSR count). The van der Waals surface area contributed by atoms with Crippen molar-refractivity contribution in [3.8, 4) is 0 Å². The predicted octanol–water partition coefficient (Wildman–Crippen LogP) is -3.24. The summed E-state index contributed by atoms with van der Waals surface area (Å²) in [7, 11) is 0. The van der Waals surface area contributed by atoms with E-state index in [-0.39, 0.29) is 18.6 Å². The van der Waals surface area contributed by atoms with E-state index in [0.717, 1.165) is 18.2 Å². The first-order valence-electron chi connectivity index (χ1n) is 3.32. The van der Waals surface area contributed by atoms with E-state index in [2.05, 4.69) is 19.7 Å². The van der Waals surface area contributed by atoms with Crippen LogP contribution in [0.5, 0.6) is 0 Å². The maximum absolute atomic E-state index is 9.14. The number of carboxylic acid groups (broad SMARTS) is 3. The monoisotopic (exact) mass is 264 g/mol. The minimum Gasteiger partial charge on any atom is -0.545 e. The number of carboxylic acids is 3. The van der Waals surface area contributed by atoms with Crippen LogP contribution in [0.25, 0.3) is 0 Å². The van der Waals surface area contributed by atoms with Crippen LogP contribution >= 0.6 is 0 Å². The van der Waals surface area contributed by atoms with Crippen molar-refractivity contribution in [3.63, 3.8) is 0 Å². The quantitative estimate of drug-likeness (QED) is 0.494. The molecule has 0 unspecified atom stereocenters. The number of rotatable bonds is 3. The summed E-state index contributed by atoms with van der Waals surface area (Å²) in [6.45, 7) is 8.69. The molecule has 0 fully saturated rings. The average Bonchev–Trinajstić information content (AvgIpc) is 2.19. The van der Waals surface area contributed by atoms with Gasteiger partial charge in [-0.05, 0) is 18.2 Å². The van der Waals surface area contributed by atoms with Gasteiger partial charge in [0.2, 0.25) is 0 Å². The van der Waals surface area contributed by atoms with Crippen LogP contribution in [0.15, 0.2) is 38.0 Å². The second-order valence-corrected chi connectivity index (χ2v) is 1.57. The van der Waals surface area contributed by atoms with Crippen LogP contribution in [0.4, 0.5) is 0 Å². The summed E-state index contributed by atoms with van der Waals surface area (Å²) in [6, 6.07) is 0. The Bertz CT molecular complexity index is 216. The molecule has 0 aliphatic rings.